The van der Waals surface area contributed by atoms with Crippen LogP contribution in [0.2, 0.25) is 0 Å². The summed E-state index contributed by atoms with van der Waals surface area (Å²) in [6.45, 7) is 11.1. The molecule has 0 aromatic heterocycles. The molecule has 0 aliphatic heterocycles. The number of carbonyl (C=O) groups excluding carboxylic acids is 1. The lowest BCUT2D eigenvalue weighted by molar-refractivity contribution is -0.0850. The van der Waals surface area contributed by atoms with Gasteiger partial charge in [-0.25, -0.2) is 4.79 Å². The minimum atomic E-state index is -0.229. The standard InChI is InChI=1S/C27H34O3/c1-17(2)20-15-19-11-12-23-26(3,4)24(30-25(29)18-9-7-6-8-10-18)13-14-27(23,5)21(19)16-22(20)28/h6-10,15-17,23-24,28H,11-14H2,1-5H3. The van der Waals surface area contributed by atoms with E-state index >= 15 is 0 Å². The molecule has 160 valence electrons. The number of hydrogen-bond acceptors (Lipinski definition) is 3. The van der Waals surface area contributed by atoms with Crippen LogP contribution in [0.3, 0.4) is 0 Å². The van der Waals surface area contributed by atoms with Gasteiger partial charge in [-0.15, -0.1) is 0 Å². The second-order valence-corrected chi connectivity index (χ2v) is 10.4. The summed E-state index contributed by atoms with van der Waals surface area (Å²) in [6.07, 6.45) is 3.79. The monoisotopic (exact) mass is 406 g/mol. The van der Waals surface area contributed by atoms with Gasteiger partial charge in [0.15, 0.2) is 0 Å². The highest BCUT2D eigenvalue weighted by molar-refractivity contribution is 5.89. The van der Waals surface area contributed by atoms with Crippen LogP contribution in [0.5, 0.6) is 5.75 Å². The maximum absolute atomic E-state index is 12.7. The van der Waals surface area contributed by atoms with Gasteiger partial charge in [0.1, 0.15) is 11.9 Å². The van der Waals surface area contributed by atoms with Crippen molar-refractivity contribution in [2.45, 2.75) is 77.7 Å². The molecule has 3 unspecified atom stereocenters. The lowest BCUT2D eigenvalue weighted by Gasteiger charge is -2.56. The van der Waals surface area contributed by atoms with Crippen LogP contribution in [-0.4, -0.2) is 17.2 Å². The maximum atomic E-state index is 12.7. The lowest BCUT2D eigenvalue weighted by Crippen LogP contribution is -2.55. The first-order chi connectivity index (χ1) is 14.1. The number of aryl methyl sites for hydroxylation is 1. The molecule has 2 aromatic rings. The molecule has 0 heterocycles. The van der Waals surface area contributed by atoms with Gasteiger partial charge < -0.3 is 9.84 Å². The van der Waals surface area contributed by atoms with Gasteiger partial charge >= 0.3 is 5.97 Å². The third-order valence-electron chi connectivity index (χ3n) is 7.87. The highest BCUT2D eigenvalue weighted by Gasteiger charge is 2.55. The van der Waals surface area contributed by atoms with Crippen molar-refractivity contribution in [1.82, 2.24) is 0 Å². The minimum absolute atomic E-state index is 0.0142. The van der Waals surface area contributed by atoms with Crippen molar-refractivity contribution in [3.05, 3.63) is 64.7 Å². The Bertz CT molecular complexity index is 944. The van der Waals surface area contributed by atoms with Gasteiger partial charge in [0.2, 0.25) is 0 Å². The van der Waals surface area contributed by atoms with E-state index in [9.17, 15) is 9.90 Å². The molecule has 3 nitrogen and oxygen atoms in total. The summed E-state index contributed by atoms with van der Waals surface area (Å²) in [5, 5.41) is 10.7. The van der Waals surface area contributed by atoms with Crippen molar-refractivity contribution in [2.24, 2.45) is 11.3 Å². The lowest BCUT2D eigenvalue weighted by atomic mass is 9.49. The fraction of sp³-hybridized carbons (Fsp3) is 0.519. The fourth-order valence-electron chi connectivity index (χ4n) is 6.17. The zero-order valence-electron chi connectivity index (χ0n) is 18.9. The van der Waals surface area contributed by atoms with Gasteiger partial charge in [-0.1, -0.05) is 58.9 Å². The van der Waals surface area contributed by atoms with E-state index in [1.54, 1.807) is 0 Å². The van der Waals surface area contributed by atoms with E-state index in [0.717, 1.165) is 31.2 Å². The summed E-state index contributed by atoms with van der Waals surface area (Å²) >= 11 is 0. The largest absolute Gasteiger partial charge is 0.508 e. The predicted molar refractivity (Wildman–Crippen MR) is 120 cm³/mol. The van der Waals surface area contributed by atoms with Crippen molar-refractivity contribution in [2.75, 3.05) is 0 Å². The maximum Gasteiger partial charge on any atom is 0.338 e. The van der Waals surface area contributed by atoms with Gasteiger partial charge in [-0.2, -0.15) is 0 Å². The van der Waals surface area contributed by atoms with Crippen LogP contribution in [0.4, 0.5) is 0 Å². The zero-order chi connectivity index (χ0) is 21.7. The number of phenols is 1. The molecule has 3 heteroatoms. The van der Waals surface area contributed by atoms with Gasteiger partial charge in [0.05, 0.1) is 5.56 Å². The van der Waals surface area contributed by atoms with Crippen molar-refractivity contribution in [3.8, 4) is 5.75 Å². The first-order valence-corrected chi connectivity index (χ1v) is 11.3. The zero-order valence-corrected chi connectivity index (χ0v) is 18.9. The number of ether oxygens (including phenoxy) is 1. The summed E-state index contributed by atoms with van der Waals surface area (Å²) in [4.78, 5) is 12.7. The molecule has 2 aliphatic rings. The molecule has 3 atom stereocenters. The Balaban J connectivity index is 1.63. The second kappa shape index (κ2) is 7.44. The number of aromatic hydroxyl groups is 1. The molecule has 0 spiro atoms. The van der Waals surface area contributed by atoms with Crippen molar-refractivity contribution >= 4 is 5.97 Å². The minimum Gasteiger partial charge on any atom is -0.508 e. The SMILES string of the molecule is CC(C)c1cc2c(cc1O)C1(C)CCC(OC(=O)c3ccccc3)C(C)(C)C1CC2. The van der Waals surface area contributed by atoms with Crippen LogP contribution < -0.4 is 0 Å². The number of carbonyl (C=O) groups is 1. The Labute approximate surface area is 180 Å². The summed E-state index contributed by atoms with van der Waals surface area (Å²) in [7, 11) is 0. The Morgan fingerprint density at radius 2 is 1.80 bits per heavy atom. The summed E-state index contributed by atoms with van der Waals surface area (Å²) in [5.74, 6) is 0.892. The Morgan fingerprint density at radius 1 is 1.10 bits per heavy atom. The van der Waals surface area contributed by atoms with E-state index in [4.69, 9.17) is 4.74 Å². The summed E-state index contributed by atoms with van der Waals surface area (Å²) < 4.78 is 6.06. The van der Waals surface area contributed by atoms with Crippen LogP contribution in [0, 0.1) is 11.3 Å². The molecule has 0 saturated heterocycles. The van der Waals surface area contributed by atoms with Gasteiger partial charge in [-0.3, -0.25) is 0 Å². The number of hydrogen-bond donors (Lipinski definition) is 1. The highest BCUT2D eigenvalue weighted by Crippen LogP contribution is 2.58. The molecular formula is C27H34O3. The second-order valence-electron chi connectivity index (χ2n) is 10.4. The third-order valence-corrected chi connectivity index (χ3v) is 7.87. The van der Waals surface area contributed by atoms with E-state index in [2.05, 4.69) is 40.7 Å². The van der Waals surface area contributed by atoms with Gasteiger partial charge in [0.25, 0.3) is 0 Å². The molecular weight excluding hydrogens is 372 g/mol. The number of rotatable bonds is 3. The van der Waals surface area contributed by atoms with Crippen molar-refractivity contribution in [3.63, 3.8) is 0 Å². The van der Waals surface area contributed by atoms with E-state index in [1.807, 2.05) is 36.4 Å². The molecule has 1 fully saturated rings. The molecule has 0 radical (unpaired) electrons. The number of fused-ring (bicyclic) bond motifs is 3. The van der Waals surface area contributed by atoms with E-state index in [0.29, 0.717) is 23.1 Å². The number of phenolic OH excluding ortho intramolecular Hbond substituents is 1. The average Bonchev–Trinajstić information content (AvgIpc) is 2.70. The van der Waals surface area contributed by atoms with Gasteiger partial charge in [-0.05, 0) is 77.8 Å². The smallest absolute Gasteiger partial charge is 0.338 e. The molecule has 0 bridgehead atoms. The number of esters is 1. The van der Waals surface area contributed by atoms with Crippen molar-refractivity contribution in [1.29, 1.82) is 0 Å². The van der Waals surface area contributed by atoms with Crippen LogP contribution in [-0.2, 0) is 16.6 Å². The summed E-state index contributed by atoms with van der Waals surface area (Å²) in [5.41, 5.74) is 4.18. The first-order valence-electron chi connectivity index (χ1n) is 11.3. The Hall–Kier alpha value is -2.29. The molecule has 1 saturated carbocycles. The highest BCUT2D eigenvalue weighted by atomic mass is 16.5. The molecule has 1 N–H and O–H groups in total. The average molecular weight is 407 g/mol. The Morgan fingerprint density at radius 3 is 2.47 bits per heavy atom. The molecule has 30 heavy (non-hydrogen) atoms. The van der Waals surface area contributed by atoms with E-state index in [-0.39, 0.29) is 22.9 Å². The fourth-order valence-corrected chi connectivity index (χ4v) is 6.17. The van der Waals surface area contributed by atoms with Crippen LogP contribution in [0.25, 0.3) is 0 Å². The topological polar surface area (TPSA) is 46.5 Å². The molecule has 0 amide bonds. The third kappa shape index (κ3) is 3.33. The summed E-state index contributed by atoms with van der Waals surface area (Å²) in [6, 6.07) is 13.5. The number of benzene rings is 2. The van der Waals surface area contributed by atoms with Crippen LogP contribution in [0.1, 0.15) is 86.8 Å². The van der Waals surface area contributed by atoms with E-state index < -0.39 is 0 Å². The van der Waals surface area contributed by atoms with Crippen LogP contribution in [0.15, 0.2) is 42.5 Å². The first kappa shape index (κ1) is 21.0. The van der Waals surface area contributed by atoms with Crippen molar-refractivity contribution < 1.29 is 14.6 Å². The van der Waals surface area contributed by atoms with E-state index in [1.165, 1.54) is 11.1 Å². The quantitative estimate of drug-likeness (QED) is 0.602. The Kier molecular flexibility index (Phi) is 5.20. The van der Waals surface area contributed by atoms with Crippen LogP contribution >= 0.6 is 0 Å². The van der Waals surface area contributed by atoms with Gasteiger partial charge in [0, 0.05) is 5.41 Å². The predicted octanol–water partition coefficient (Wildman–Crippen LogP) is 6.38. The normalized spacial score (nSPS) is 27.3. The molecule has 4 rings (SSSR count). The molecule has 2 aromatic carbocycles. The molecule has 2 aliphatic carbocycles.